The van der Waals surface area contributed by atoms with E-state index in [4.69, 9.17) is 20.0 Å². The third-order valence-electron chi connectivity index (χ3n) is 1.72. The minimum absolute atomic E-state index is 0.117. The lowest BCUT2D eigenvalue weighted by molar-refractivity contribution is 0.169. The van der Waals surface area contributed by atoms with Crippen LogP contribution in [0.1, 0.15) is 13.3 Å². The van der Waals surface area contributed by atoms with Crippen LogP contribution in [0.25, 0.3) is 0 Å². The average Bonchev–Trinajstić information content (AvgIpc) is 2.35. The van der Waals surface area contributed by atoms with Gasteiger partial charge in [-0.15, -0.1) is 6.42 Å². The molecule has 0 aliphatic carbocycles. The quantitative estimate of drug-likeness (QED) is 0.553. The van der Waals surface area contributed by atoms with Gasteiger partial charge in [0.25, 0.3) is 0 Å². The minimum atomic E-state index is -3.62. The van der Waals surface area contributed by atoms with E-state index in [1.54, 1.807) is 24.3 Å². The molecule has 4 nitrogen and oxygen atoms in total. The van der Waals surface area contributed by atoms with Gasteiger partial charge in [0.1, 0.15) is 12.4 Å². The first kappa shape index (κ1) is 13.8. The highest BCUT2D eigenvalue weighted by atomic mass is 31.2. The highest BCUT2D eigenvalue weighted by Gasteiger charge is 2.27. The lowest BCUT2D eigenvalue weighted by atomic mass is 10.3. The van der Waals surface area contributed by atoms with Crippen molar-refractivity contribution in [2.45, 2.75) is 13.3 Å². The van der Waals surface area contributed by atoms with Crippen molar-refractivity contribution in [2.24, 2.45) is 0 Å². The Hall–Kier alpha value is -1.27. The van der Waals surface area contributed by atoms with Gasteiger partial charge in [0, 0.05) is 0 Å². The molecule has 0 saturated carbocycles. The second kappa shape index (κ2) is 7.13. The zero-order valence-corrected chi connectivity index (χ0v) is 10.6. The monoisotopic (exact) mass is 254 g/mol. The van der Waals surface area contributed by atoms with Crippen LogP contribution in [0.3, 0.4) is 0 Å². The van der Waals surface area contributed by atoms with Crippen LogP contribution in [0.2, 0.25) is 0 Å². The summed E-state index contributed by atoms with van der Waals surface area (Å²) in [7, 11) is -3.62. The molecule has 1 atom stereocenters. The summed E-state index contributed by atoms with van der Waals surface area (Å²) in [4.78, 5) is 0. The van der Waals surface area contributed by atoms with Gasteiger partial charge in [-0.3, -0.25) is 9.05 Å². The molecule has 0 radical (unpaired) electrons. The number of benzene rings is 1. The first-order chi connectivity index (χ1) is 8.20. The molecule has 0 aliphatic rings. The zero-order valence-electron chi connectivity index (χ0n) is 9.67. The average molecular weight is 254 g/mol. The molecule has 0 spiro atoms. The van der Waals surface area contributed by atoms with Crippen LogP contribution in [0.5, 0.6) is 5.75 Å². The van der Waals surface area contributed by atoms with Crippen LogP contribution in [-0.4, -0.2) is 13.2 Å². The van der Waals surface area contributed by atoms with Crippen molar-refractivity contribution in [3.63, 3.8) is 0 Å². The van der Waals surface area contributed by atoms with Gasteiger partial charge in [0.2, 0.25) is 0 Å². The number of phosphoric acid groups is 1. The Morgan fingerprint density at radius 3 is 2.59 bits per heavy atom. The Bertz CT molecular complexity index is 410. The molecule has 0 aliphatic heterocycles. The smallest absolute Gasteiger partial charge is 0.404 e. The molecule has 0 fully saturated rings. The third kappa shape index (κ3) is 5.06. The van der Waals surface area contributed by atoms with Crippen molar-refractivity contribution < 1.29 is 18.1 Å². The molecule has 5 heteroatoms. The predicted molar refractivity (Wildman–Crippen MR) is 65.7 cm³/mol. The van der Waals surface area contributed by atoms with Crippen LogP contribution in [0.15, 0.2) is 30.3 Å². The second-order valence-corrected chi connectivity index (χ2v) is 4.76. The van der Waals surface area contributed by atoms with Crippen molar-refractivity contribution in [1.82, 2.24) is 0 Å². The standard InChI is InChI=1S/C12H15O4P/c1-3-10-14-17(13,15-11-4-2)16-12-8-6-5-7-9-12/h1,5-9H,4,10-11H2,2H3. The first-order valence-electron chi connectivity index (χ1n) is 5.27. The molecule has 0 N–H and O–H groups in total. The lowest BCUT2D eigenvalue weighted by Crippen LogP contribution is -2.03. The van der Waals surface area contributed by atoms with E-state index < -0.39 is 7.82 Å². The maximum absolute atomic E-state index is 12.1. The van der Waals surface area contributed by atoms with Gasteiger partial charge in [-0.25, -0.2) is 4.57 Å². The van der Waals surface area contributed by atoms with Crippen molar-refractivity contribution in [3.8, 4) is 18.1 Å². The summed E-state index contributed by atoms with van der Waals surface area (Å²) in [5.41, 5.74) is 0. The highest BCUT2D eigenvalue weighted by molar-refractivity contribution is 7.48. The lowest BCUT2D eigenvalue weighted by Gasteiger charge is -2.17. The molecule has 0 amide bonds. The van der Waals surface area contributed by atoms with E-state index >= 15 is 0 Å². The number of phosphoric ester groups is 1. The first-order valence-corrected chi connectivity index (χ1v) is 6.73. The SMILES string of the molecule is C#CCOP(=O)(OCCC)Oc1ccccc1. The van der Waals surface area contributed by atoms with Crippen LogP contribution < -0.4 is 4.52 Å². The summed E-state index contributed by atoms with van der Waals surface area (Å²) in [5.74, 6) is 2.65. The predicted octanol–water partition coefficient (Wildman–Crippen LogP) is 3.25. The van der Waals surface area contributed by atoms with Crippen LogP contribution in [-0.2, 0) is 13.6 Å². The molecule has 0 aromatic heterocycles. The van der Waals surface area contributed by atoms with Crippen LogP contribution in [0, 0.1) is 12.3 Å². The molecule has 1 aromatic rings. The van der Waals surface area contributed by atoms with Crippen LogP contribution >= 0.6 is 7.82 Å². The Labute approximate surface area is 102 Å². The summed E-state index contributed by atoms with van der Waals surface area (Å²) in [6.45, 7) is 2.07. The summed E-state index contributed by atoms with van der Waals surface area (Å²) >= 11 is 0. The molecule has 0 saturated heterocycles. The number of rotatable bonds is 7. The van der Waals surface area contributed by atoms with Crippen molar-refractivity contribution in [1.29, 1.82) is 0 Å². The van der Waals surface area contributed by atoms with Gasteiger partial charge in [-0.05, 0) is 18.6 Å². The maximum Gasteiger partial charge on any atom is 0.531 e. The molecule has 1 rings (SSSR count). The molecule has 92 valence electrons. The fourth-order valence-electron chi connectivity index (χ4n) is 1.02. The second-order valence-electron chi connectivity index (χ2n) is 3.16. The normalized spacial score (nSPS) is 13.6. The van der Waals surface area contributed by atoms with E-state index in [0.29, 0.717) is 12.2 Å². The number of hydrogen-bond acceptors (Lipinski definition) is 4. The van der Waals surface area contributed by atoms with Gasteiger partial charge in [0.05, 0.1) is 6.61 Å². The van der Waals surface area contributed by atoms with Gasteiger partial charge >= 0.3 is 7.82 Å². The van der Waals surface area contributed by atoms with Gasteiger partial charge in [0.15, 0.2) is 0 Å². The number of hydrogen-bond donors (Lipinski definition) is 0. The van der Waals surface area contributed by atoms with Crippen molar-refractivity contribution >= 4 is 7.82 Å². The van der Waals surface area contributed by atoms with E-state index in [0.717, 1.165) is 0 Å². The molecule has 0 bridgehead atoms. The summed E-state index contributed by atoms with van der Waals surface area (Å²) in [5, 5.41) is 0. The van der Waals surface area contributed by atoms with E-state index in [1.807, 2.05) is 13.0 Å². The zero-order chi connectivity index (χ0) is 12.6. The van der Waals surface area contributed by atoms with E-state index in [1.165, 1.54) is 0 Å². The van der Waals surface area contributed by atoms with E-state index in [9.17, 15) is 4.57 Å². The van der Waals surface area contributed by atoms with E-state index in [-0.39, 0.29) is 13.2 Å². The maximum atomic E-state index is 12.1. The van der Waals surface area contributed by atoms with Gasteiger partial charge < -0.3 is 4.52 Å². The summed E-state index contributed by atoms with van der Waals surface area (Å²) in [6, 6.07) is 8.69. The molecule has 1 aromatic carbocycles. The largest absolute Gasteiger partial charge is 0.531 e. The summed E-state index contributed by atoms with van der Waals surface area (Å²) in [6.07, 6.45) is 5.76. The minimum Gasteiger partial charge on any atom is -0.404 e. The summed E-state index contributed by atoms with van der Waals surface area (Å²) < 4.78 is 27.4. The molecule has 17 heavy (non-hydrogen) atoms. The molecule has 0 heterocycles. The fourth-order valence-corrected chi connectivity index (χ4v) is 2.22. The Morgan fingerprint density at radius 1 is 1.29 bits per heavy atom. The number of terminal acetylenes is 1. The number of para-hydroxylation sites is 1. The Kier molecular flexibility index (Phi) is 5.79. The molecule has 1 unspecified atom stereocenters. The van der Waals surface area contributed by atoms with Gasteiger partial charge in [-0.1, -0.05) is 31.0 Å². The van der Waals surface area contributed by atoms with Crippen molar-refractivity contribution in [3.05, 3.63) is 30.3 Å². The van der Waals surface area contributed by atoms with E-state index in [2.05, 4.69) is 5.92 Å². The van der Waals surface area contributed by atoms with Crippen molar-refractivity contribution in [2.75, 3.05) is 13.2 Å². The van der Waals surface area contributed by atoms with Crippen LogP contribution in [0.4, 0.5) is 0 Å². The topological polar surface area (TPSA) is 44.8 Å². The van der Waals surface area contributed by atoms with Gasteiger partial charge in [-0.2, -0.15) is 0 Å². The molecular formula is C12H15O4P. The third-order valence-corrected chi connectivity index (χ3v) is 3.10. The Balaban J connectivity index is 2.70. The fraction of sp³-hybridized carbons (Fsp3) is 0.333. The Morgan fingerprint density at radius 2 is 2.00 bits per heavy atom. The molecular weight excluding hydrogens is 239 g/mol. The highest BCUT2D eigenvalue weighted by Crippen LogP contribution is 2.49.